The zero-order chi connectivity index (χ0) is 14.4. The number of methoxy groups -OCH3 is 1. The Hall–Kier alpha value is -1.37. The van der Waals surface area contributed by atoms with E-state index >= 15 is 0 Å². The van der Waals surface area contributed by atoms with Crippen LogP contribution in [-0.2, 0) is 18.3 Å². The third-order valence-electron chi connectivity index (χ3n) is 2.73. The molecular formula is C14H18FN3OS. The summed E-state index contributed by atoms with van der Waals surface area (Å²) in [6.45, 7) is 1.99. The molecule has 0 aliphatic heterocycles. The van der Waals surface area contributed by atoms with Crippen molar-refractivity contribution in [3.8, 4) is 0 Å². The minimum atomic E-state index is -0.218. The SMILES string of the molecule is COCCNCc1cc(F)ccc1Sc1cnn(C)c1. The number of halogens is 1. The molecular weight excluding hydrogens is 277 g/mol. The predicted octanol–water partition coefficient (Wildman–Crippen LogP) is 2.45. The first kappa shape index (κ1) is 15.0. The summed E-state index contributed by atoms with van der Waals surface area (Å²) in [5, 5.41) is 7.37. The van der Waals surface area contributed by atoms with E-state index in [0.717, 1.165) is 21.9 Å². The van der Waals surface area contributed by atoms with Gasteiger partial charge in [-0.3, -0.25) is 4.68 Å². The molecule has 4 nitrogen and oxygen atoms in total. The molecule has 0 aliphatic carbocycles. The van der Waals surface area contributed by atoms with E-state index < -0.39 is 0 Å². The summed E-state index contributed by atoms with van der Waals surface area (Å²) in [5.74, 6) is -0.218. The number of ether oxygens (including phenoxy) is 1. The average Bonchev–Trinajstić information content (AvgIpc) is 2.83. The zero-order valence-electron chi connectivity index (χ0n) is 11.6. The van der Waals surface area contributed by atoms with Gasteiger partial charge in [0, 0.05) is 38.3 Å². The summed E-state index contributed by atoms with van der Waals surface area (Å²) >= 11 is 1.59. The van der Waals surface area contributed by atoms with E-state index in [1.165, 1.54) is 6.07 Å². The van der Waals surface area contributed by atoms with Crippen LogP contribution in [0.25, 0.3) is 0 Å². The fourth-order valence-corrected chi connectivity index (χ4v) is 2.72. The van der Waals surface area contributed by atoms with E-state index in [1.807, 2.05) is 13.2 Å². The molecule has 0 amide bonds. The van der Waals surface area contributed by atoms with Crippen molar-refractivity contribution in [3.05, 3.63) is 42.0 Å². The van der Waals surface area contributed by atoms with Gasteiger partial charge >= 0.3 is 0 Å². The van der Waals surface area contributed by atoms with Gasteiger partial charge in [0.1, 0.15) is 5.82 Å². The van der Waals surface area contributed by atoms with Crippen molar-refractivity contribution in [2.45, 2.75) is 16.3 Å². The molecule has 2 rings (SSSR count). The van der Waals surface area contributed by atoms with Crippen LogP contribution in [0.4, 0.5) is 4.39 Å². The summed E-state index contributed by atoms with van der Waals surface area (Å²) in [7, 11) is 3.54. The van der Waals surface area contributed by atoms with E-state index in [2.05, 4.69) is 10.4 Å². The van der Waals surface area contributed by atoms with Crippen LogP contribution in [0.1, 0.15) is 5.56 Å². The topological polar surface area (TPSA) is 39.1 Å². The Morgan fingerprint density at radius 2 is 2.30 bits per heavy atom. The average molecular weight is 295 g/mol. The van der Waals surface area contributed by atoms with Gasteiger partial charge in [-0.25, -0.2) is 4.39 Å². The van der Waals surface area contributed by atoms with Gasteiger partial charge < -0.3 is 10.1 Å². The number of aromatic nitrogens is 2. The molecule has 6 heteroatoms. The Balaban J connectivity index is 2.06. The molecule has 0 atom stereocenters. The third-order valence-corrected chi connectivity index (χ3v) is 3.79. The lowest BCUT2D eigenvalue weighted by atomic mass is 10.2. The minimum Gasteiger partial charge on any atom is -0.383 e. The van der Waals surface area contributed by atoms with E-state index in [-0.39, 0.29) is 5.82 Å². The van der Waals surface area contributed by atoms with Crippen molar-refractivity contribution in [3.63, 3.8) is 0 Å². The second kappa shape index (κ2) is 7.42. The van der Waals surface area contributed by atoms with Gasteiger partial charge in [0.05, 0.1) is 17.7 Å². The van der Waals surface area contributed by atoms with Crippen molar-refractivity contribution in [2.24, 2.45) is 7.05 Å². The number of nitrogens with zero attached hydrogens (tertiary/aromatic N) is 2. The van der Waals surface area contributed by atoms with Crippen molar-refractivity contribution in [1.29, 1.82) is 0 Å². The molecule has 0 bridgehead atoms. The highest BCUT2D eigenvalue weighted by Gasteiger charge is 2.07. The Morgan fingerprint density at radius 1 is 1.45 bits per heavy atom. The number of rotatable bonds is 7. The fraction of sp³-hybridized carbons (Fsp3) is 0.357. The molecule has 2 aromatic rings. The van der Waals surface area contributed by atoms with Crippen LogP contribution in [0.15, 0.2) is 40.4 Å². The standard InChI is InChI=1S/C14H18FN3OS/c1-18-10-13(9-17-18)20-14-4-3-12(15)7-11(14)8-16-5-6-19-2/h3-4,7,9-10,16H,5-6,8H2,1-2H3. The molecule has 0 fully saturated rings. The fourth-order valence-electron chi connectivity index (χ4n) is 1.76. The maximum absolute atomic E-state index is 13.4. The van der Waals surface area contributed by atoms with Crippen LogP contribution in [-0.4, -0.2) is 30.0 Å². The maximum Gasteiger partial charge on any atom is 0.123 e. The van der Waals surface area contributed by atoms with Crippen LogP contribution >= 0.6 is 11.8 Å². The molecule has 0 aliphatic rings. The first-order valence-corrected chi connectivity index (χ1v) is 7.15. The van der Waals surface area contributed by atoms with Gasteiger partial charge in [-0.05, 0) is 23.8 Å². The maximum atomic E-state index is 13.4. The quantitative estimate of drug-likeness (QED) is 0.796. The molecule has 0 radical (unpaired) electrons. The Labute approximate surface area is 122 Å². The van der Waals surface area contributed by atoms with Crippen LogP contribution < -0.4 is 5.32 Å². The lowest BCUT2D eigenvalue weighted by molar-refractivity contribution is 0.199. The van der Waals surface area contributed by atoms with Gasteiger partial charge in [-0.15, -0.1) is 0 Å². The molecule has 1 aromatic heterocycles. The lowest BCUT2D eigenvalue weighted by Gasteiger charge is -2.09. The highest BCUT2D eigenvalue weighted by atomic mass is 32.2. The molecule has 108 valence electrons. The minimum absolute atomic E-state index is 0.218. The number of aryl methyl sites for hydroxylation is 1. The molecule has 0 saturated heterocycles. The van der Waals surface area contributed by atoms with Gasteiger partial charge in [0.25, 0.3) is 0 Å². The summed E-state index contributed by atoms with van der Waals surface area (Å²) in [5.41, 5.74) is 0.940. The van der Waals surface area contributed by atoms with Crippen LogP contribution in [0.3, 0.4) is 0 Å². The first-order chi connectivity index (χ1) is 9.69. The normalized spacial score (nSPS) is 10.9. The number of hydrogen-bond acceptors (Lipinski definition) is 4. The molecule has 20 heavy (non-hydrogen) atoms. The molecule has 1 aromatic carbocycles. The number of hydrogen-bond donors (Lipinski definition) is 1. The second-order valence-electron chi connectivity index (χ2n) is 4.37. The second-order valence-corrected chi connectivity index (χ2v) is 5.49. The summed E-state index contributed by atoms with van der Waals surface area (Å²) < 4.78 is 20.1. The van der Waals surface area contributed by atoms with Gasteiger partial charge in [0.15, 0.2) is 0 Å². The third kappa shape index (κ3) is 4.33. The van der Waals surface area contributed by atoms with Gasteiger partial charge in [-0.2, -0.15) is 5.10 Å². The van der Waals surface area contributed by atoms with Gasteiger partial charge in [-0.1, -0.05) is 11.8 Å². The van der Waals surface area contributed by atoms with Crippen molar-refractivity contribution in [1.82, 2.24) is 15.1 Å². The summed E-state index contributed by atoms with van der Waals surface area (Å²) in [6.07, 6.45) is 3.74. The Morgan fingerprint density at radius 3 is 3.00 bits per heavy atom. The smallest absolute Gasteiger partial charge is 0.123 e. The molecule has 0 unspecified atom stereocenters. The monoisotopic (exact) mass is 295 g/mol. The van der Waals surface area contributed by atoms with Crippen LogP contribution in [0.5, 0.6) is 0 Å². The largest absolute Gasteiger partial charge is 0.383 e. The van der Waals surface area contributed by atoms with Crippen LogP contribution in [0.2, 0.25) is 0 Å². The lowest BCUT2D eigenvalue weighted by Crippen LogP contribution is -2.19. The summed E-state index contributed by atoms with van der Waals surface area (Å²) in [6, 6.07) is 4.86. The molecule has 1 N–H and O–H groups in total. The highest BCUT2D eigenvalue weighted by molar-refractivity contribution is 7.99. The molecule has 0 spiro atoms. The number of nitrogens with one attached hydrogen (secondary N) is 1. The predicted molar refractivity (Wildman–Crippen MR) is 77.3 cm³/mol. The van der Waals surface area contributed by atoms with E-state index in [0.29, 0.717) is 13.2 Å². The van der Waals surface area contributed by atoms with E-state index in [9.17, 15) is 4.39 Å². The van der Waals surface area contributed by atoms with Crippen molar-refractivity contribution in [2.75, 3.05) is 20.3 Å². The highest BCUT2D eigenvalue weighted by Crippen LogP contribution is 2.30. The van der Waals surface area contributed by atoms with E-state index in [4.69, 9.17) is 4.74 Å². The molecule has 1 heterocycles. The van der Waals surface area contributed by atoms with Crippen molar-refractivity contribution < 1.29 is 9.13 Å². The van der Waals surface area contributed by atoms with Gasteiger partial charge in [0.2, 0.25) is 0 Å². The first-order valence-electron chi connectivity index (χ1n) is 6.33. The van der Waals surface area contributed by atoms with Crippen LogP contribution in [0, 0.1) is 5.82 Å². The van der Waals surface area contributed by atoms with Crippen molar-refractivity contribution >= 4 is 11.8 Å². The zero-order valence-corrected chi connectivity index (χ0v) is 12.4. The molecule has 0 saturated carbocycles. The van der Waals surface area contributed by atoms with E-state index in [1.54, 1.807) is 41.9 Å². The Bertz CT molecular complexity index is 559. The summed E-state index contributed by atoms with van der Waals surface area (Å²) in [4.78, 5) is 2.07. The number of benzene rings is 1. The Kier molecular flexibility index (Phi) is 5.58.